The largest absolute Gasteiger partial charge is 0.485 e. The Bertz CT molecular complexity index is 539. The van der Waals surface area contributed by atoms with Crippen LogP contribution in [-0.2, 0) is 6.61 Å². The molecule has 0 fully saturated rings. The van der Waals surface area contributed by atoms with Crippen molar-refractivity contribution in [1.29, 1.82) is 0 Å². The topological polar surface area (TPSA) is 72.3 Å². The SMILES string of the molecule is Cc1csc(COc2cncc(C(=O)O)c2)n1. The minimum atomic E-state index is -1.02. The Kier molecular flexibility index (Phi) is 3.34. The summed E-state index contributed by atoms with van der Waals surface area (Å²) in [7, 11) is 0. The highest BCUT2D eigenvalue weighted by Crippen LogP contribution is 2.15. The van der Waals surface area contributed by atoms with Crippen LogP contribution in [0.5, 0.6) is 5.75 Å². The van der Waals surface area contributed by atoms with E-state index >= 15 is 0 Å². The summed E-state index contributed by atoms with van der Waals surface area (Å²) in [4.78, 5) is 18.8. The number of carboxylic acid groups (broad SMARTS) is 1. The summed E-state index contributed by atoms with van der Waals surface area (Å²) < 4.78 is 5.42. The van der Waals surface area contributed by atoms with E-state index in [4.69, 9.17) is 9.84 Å². The van der Waals surface area contributed by atoms with Crippen LogP contribution in [0.1, 0.15) is 21.1 Å². The quantitative estimate of drug-likeness (QED) is 0.899. The van der Waals surface area contributed by atoms with E-state index in [0.29, 0.717) is 12.4 Å². The second-order valence-corrected chi connectivity index (χ2v) is 4.33. The molecule has 5 nitrogen and oxygen atoms in total. The molecule has 0 spiro atoms. The molecule has 0 atom stereocenters. The molecule has 1 N–H and O–H groups in total. The van der Waals surface area contributed by atoms with Crippen molar-refractivity contribution < 1.29 is 14.6 Å². The third-order valence-electron chi connectivity index (χ3n) is 1.99. The van der Waals surface area contributed by atoms with Crippen LogP contribution in [0.4, 0.5) is 0 Å². The zero-order chi connectivity index (χ0) is 12.3. The number of thiazole rings is 1. The Morgan fingerprint density at radius 3 is 3.00 bits per heavy atom. The van der Waals surface area contributed by atoms with E-state index < -0.39 is 5.97 Å². The molecule has 0 saturated carbocycles. The van der Waals surface area contributed by atoms with Gasteiger partial charge in [0.25, 0.3) is 0 Å². The highest BCUT2D eigenvalue weighted by molar-refractivity contribution is 7.09. The van der Waals surface area contributed by atoms with Crippen molar-refractivity contribution in [3.63, 3.8) is 0 Å². The summed E-state index contributed by atoms with van der Waals surface area (Å²) in [6.45, 7) is 2.23. The van der Waals surface area contributed by atoms with Gasteiger partial charge in [-0.15, -0.1) is 11.3 Å². The maximum Gasteiger partial charge on any atom is 0.337 e. The molecule has 0 aliphatic heterocycles. The molecule has 0 aliphatic carbocycles. The summed E-state index contributed by atoms with van der Waals surface area (Å²) in [6.07, 6.45) is 2.76. The highest BCUT2D eigenvalue weighted by Gasteiger charge is 2.05. The van der Waals surface area contributed by atoms with Crippen molar-refractivity contribution in [2.45, 2.75) is 13.5 Å². The second kappa shape index (κ2) is 4.92. The minimum absolute atomic E-state index is 0.109. The van der Waals surface area contributed by atoms with Gasteiger partial charge in [-0.05, 0) is 13.0 Å². The fraction of sp³-hybridized carbons (Fsp3) is 0.182. The van der Waals surface area contributed by atoms with Crippen LogP contribution in [0, 0.1) is 6.92 Å². The fourth-order valence-corrected chi connectivity index (χ4v) is 1.91. The van der Waals surface area contributed by atoms with Gasteiger partial charge in [0.15, 0.2) is 0 Å². The Balaban J connectivity index is 2.04. The predicted octanol–water partition coefficient (Wildman–Crippen LogP) is 2.12. The van der Waals surface area contributed by atoms with Crippen LogP contribution in [-0.4, -0.2) is 21.0 Å². The lowest BCUT2D eigenvalue weighted by atomic mass is 10.3. The standard InChI is InChI=1S/C11H10N2O3S/c1-7-6-17-10(13-7)5-16-9-2-8(11(14)15)3-12-4-9/h2-4,6H,5H2,1H3,(H,14,15). The molecule has 2 aromatic rings. The molecule has 17 heavy (non-hydrogen) atoms. The number of rotatable bonds is 4. The number of aromatic nitrogens is 2. The second-order valence-electron chi connectivity index (χ2n) is 3.39. The lowest BCUT2D eigenvalue weighted by Crippen LogP contribution is -2.00. The number of aryl methyl sites for hydroxylation is 1. The van der Waals surface area contributed by atoms with Crippen LogP contribution in [0.2, 0.25) is 0 Å². The van der Waals surface area contributed by atoms with Crippen molar-refractivity contribution in [1.82, 2.24) is 9.97 Å². The zero-order valence-corrected chi connectivity index (χ0v) is 9.90. The molecule has 2 heterocycles. The van der Waals surface area contributed by atoms with Gasteiger partial charge in [-0.25, -0.2) is 9.78 Å². The lowest BCUT2D eigenvalue weighted by Gasteiger charge is -2.03. The van der Waals surface area contributed by atoms with Crippen molar-refractivity contribution in [2.24, 2.45) is 0 Å². The summed E-state index contributed by atoms with van der Waals surface area (Å²) in [5, 5.41) is 11.6. The van der Waals surface area contributed by atoms with E-state index in [1.807, 2.05) is 12.3 Å². The van der Waals surface area contributed by atoms with E-state index in [0.717, 1.165) is 10.7 Å². The Labute approximate surface area is 102 Å². The first-order valence-electron chi connectivity index (χ1n) is 4.87. The number of hydrogen-bond donors (Lipinski definition) is 1. The lowest BCUT2D eigenvalue weighted by molar-refractivity contribution is 0.0696. The van der Waals surface area contributed by atoms with Gasteiger partial charge in [-0.2, -0.15) is 0 Å². The monoisotopic (exact) mass is 250 g/mol. The molecule has 0 aromatic carbocycles. The fourth-order valence-electron chi connectivity index (χ4n) is 1.23. The summed E-state index contributed by atoms with van der Waals surface area (Å²) in [6, 6.07) is 1.44. The van der Waals surface area contributed by atoms with Crippen molar-refractivity contribution in [2.75, 3.05) is 0 Å². The van der Waals surface area contributed by atoms with Gasteiger partial charge in [-0.3, -0.25) is 4.98 Å². The normalized spacial score (nSPS) is 10.2. The third kappa shape index (κ3) is 3.01. The van der Waals surface area contributed by atoms with Crippen LogP contribution in [0.15, 0.2) is 23.8 Å². The average molecular weight is 250 g/mol. The zero-order valence-electron chi connectivity index (χ0n) is 9.08. The molecule has 2 rings (SSSR count). The van der Waals surface area contributed by atoms with Crippen molar-refractivity contribution >= 4 is 17.3 Å². The molecule has 6 heteroatoms. The molecule has 0 saturated heterocycles. The van der Waals surface area contributed by atoms with Gasteiger partial charge in [-0.1, -0.05) is 0 Å². The van der Waals surface area contributed by atoms with Crippen LogP contribution >= 0.6 is 11.3 Å². The molecule has 0 unspecified atom stereocenters. The molecule has 0 aliphatic rings. The van der Waals surface area contributed by atoms with Crippen LogP contribution in [0.3, 0.4) is 0 Å². The van der Waals surface area contributed by atoms with Gasteiger partial charge < -0.3 is 9.84 Å². The van der Waals surface area contributed by atoms with Crippen LogP contribution in [0.25, 0.3) is 0 Å². The molecule has 0 amide bonds. The number of pyridine rings is 1. The Morgan fingerprint density at radius 2 is 2.35 bits per heavy atom. The number of carboxylic acids is 1. The molecule has 2 aromatic heterocycles. The number of nitrogens with zero attached hydrogens (tertiary/aromatic N) is 2. The molecular weight excluding hydrogens is 240 g/mol. The Morgan fingerprint density at radius 1 is 1.53 bits per heavy atom. The van der Waals surface area contributed by atoms with Crippen molar-refractivity contribution in [3.05, 3.63) is 40.1 Å². The van der Waals surface area contributed by atoms with Crippen molar-refractivity contribution in [3.8, 4) is 5.75 Å². The number of aromatic carboxylic acids is 1. The molecule has 88 valence electrons. The summed E-state index contributed by atoms with van der Waals surface area (Å²) >= 11 is 1.51. The summed E-state index contributed by atoms with van der Waals surface area (Å²) in [5.41, 5.74) is 1.06. The first-order valence-corrected chi connectivity index (χ1v) is 5.75. The van der Waals surface area contributed by atoms with E-state index in [-0.39, 0.29) is 5.56 Å². The summed E-state index contributed by atoms with van der Waals surface area (Å²) in [5.74, 6) is -0.592. The van der Waals surface area contributed by atoms with Gasteiger partial charge in [0.1, 0.15) is 17.4 Å². The third-order valence-corrected chi connectivity index (χ3v) is 2.93. The smallest absolute Gasteiger partial charge is 0.337 e. The first-order chi connectivity index (χ1) is 8.15. The maximum absolute atomic E-state index is 10.7. The maximum atomic E-state index is 10.7. The van der Waals surface area contributed by atoms with Gasteiger partial charge in [0.05, 0.1) is 11.8 Å². The number of ether oxygens (including phenoxy) is 1. The van der Waals surface area contributed by atoms with E-state index in [9.17, 15) is 4.79 Å². The number of carbonyl (C=O) groups is 1. The Hall–Kier alpha value is -1.95. The van der Waals surface area contributed by atoms with Gasteiger partial charge in [0, 0.05) is 17.3 Å². The average Bonchev–Trinajstić information content (AvgIpc) is 2.73. The molecule has 0 radical (unpaired) electrons. The van der Waals surface area contributed by atoms with Gasteiger partial charge in [0.2, 0.25) is 0 Å². The van der Waals surface area contributed by atoms with E-state index in [2.05, 4.69) is 9.97 Å². The van der Waals surface area contributed by atoms with Gasteiger partial charge >= 0.3 is 5.97 Å². The predicted molar refractivity (Wildman–Crippen MR) is 62.4 cm³/mol. The van der Waals surface area contributed by atoms with E-state index in [1.54, 1.807) is 0 Å². The minimum Gasteiger partial charge on any atom is -0.485 e. The van der Waals surface area contributed by atoms with E-state index in [1.165, 1.54) is 29.8 Å². The first kappa shape index (κ1) is 11.5. The molecular formula is C11H10N2O3S. The highest BCUT2D eigenvalue weighted by atomic mass is 32.1. The van der Waals surface area contributed by atoms with Crippen LogP contribution < -0.4 is 4.74 Å². The molecule has 0 bridgehead atoms. The number of hydrogen-bond acceptors (Lipinski definition) is 5.